The minimum atomic E-state index is -0.773. The summed E-state index contributed by atoms with van der Waals surface area (Å²) < 4.78 is 16.9. The quantitative estimate of drug-likeness (QED) is 0.0261. The van der Waals surface area contributed by atoms with Gasteiger partial charge in [0.2, 0.25) is 0 Å². The molecule has 1 atom stereocenters. The van der Waals surface area contributed by atoms with E-state index in [4.69, 9.17) is 14.2 Å². The maximum absolute atomic E-state index is 12.9. The monoisotopic (exact) mass is 1060 g/mol. The van der Waals surface area contributed by atoms with Crippen molar-refractivity contribution in [2.75, 3.05) is 13.2 Å². The van der Waals surface area contributed by atoms with Crippen LogP contribution in [-0.4, -0.2) is 37.2 Å². The lowest BCUT2D eigenvalue weighted by Gasteiger charge is -2.18. The summed E-state index contributed by atoms with van der Waals surface area (Å²) in [5.74, 6) is -0.864. The molecule has 0 heterocycles. The molecule has 76 heavy (non-hydrogen) atoms. The van der Waals surface area contributed by atoms with Crippen molar-refractivity contribution in [3.05, 3.63) is 48.6 Å². The molecule has 6 heteroatoms. The van der Waals surface area contributed by atoms with Crippen LogP contribution in [0.5, 0.6) is 0 Å². The van der Waals surface area contributed by atoms with Gasteiger partial charge in [0.25, 0.3) is 0 Å². The molecule has 0 aliphatic carbocycles. The van der Waals surface area contributed by atoms with E-state index < -0.39 is 6.10 Å². The normalized spacial score (nSPS) is 12.3. The molecule has 0 aromatic heterocycles. The van der Waals surface area contributed by atoms with Gasteiger partial charge in [-0.25, -0.2) is 0 Å². The molecule has 6 nitrogen and oxygen atoms in total. The molecule has 0 aliphatic rings. The first kappa shape index (κ1) is 73.4. The first-order valence-electron chi connectivity index (χ1n) is 33.6. The van der Waals surface area contributed by atoms with Crippen molar-refractivity contribution in [1.29, 1.82) is 0 Å². The Kier molecular flexibility index (Phi) is 62.6. The van der Waals surface area contributed by atoms with Crippen LogP contribution in [0, 0.1) is 0 Å². The lowest BCUT2D eigenvalue weighted by molar-refractivity contribution is -0.167. The number of ether oxygens (including phenoxy) is 3. The smallest absolute Gasteiger partial charge is 0.306 e. The Bertz CT molecular complexity index is 1310. The Balaban J connectivity index is 4.01. The van der Waals surface area contributed by atoms with Gasteiger partial charge in [0, 0.05) is 19.3 Å². The number of allylic oxidation sites excluding steroid dienone is 8. The van der Waals surface area contributed by atoms with Crippen molar-refractivity contribution in [3.63, 3.8) is 0 Å². The van der Waals surface area contributed by atoms with Crippen LogP contribution in [-0.2, 0) is 28.6 Å². The molecular formula is C70H128O6. The Morgan fingerprint density at radius 2 is 0.474 bits per heavy atom. The van der Waals surface area contributed by atoms with Gasteiger partial charge in [-0.05, 0) is 83.5 Å². The second kappa shape index (κ2) is 64.9. The zero-order chi connectivity index (χ0) is 55.0. The van der Waals surface area contributed by atoms with Crippen LogP contribution in [0.25, 0.3) is 0 Å². The molecule has 0 aromatic carbocycles. The maximum Gasteiger partial charge on any atom is 0.306 e. The highest BCUT2D eigenvalue weighted by molar-refractivity contribution is 5.71. The number of unbranched alkanes of at least 4 members (excludes halogenated alkanes) is 43. The summed E-state index contributed by atoms with van der Waals surface area (Å²) in [6.45, 7) is 6.61. The third kappa shape index (κ3) is 62.2. The average Bonchev–Trinajstić information content (AvgIpc) is 3.42. The summed E-state index contributed by atoms with van der Waals surface area (Å²) in [7, 11) is 0. The van der Waals surface area contributed by atoms with E-state index >= 15 is 0 Å². The summed E-state index contributed by atoms with van der Waals surface area (Å²) in [6, 6.07) is 0. The Hall–Kier alpha value is -2.63. The van der Waals surface area contributed by atoms with E-state index in [0.717, 1.165) is 77.0 Å². The van der Waals surface area contributed by atoms with Crippen LogP contribution in [0.4, 0.5) is 0 Å². The first-order valence-corrected chi connectivity index (χ1v) is 33.6. The van der Waals surface area contributed by atoms with Crippen LogP contribution >= 0.6 is 0 Å². The van der Waals surface area contributed by atoms with Crippen LogP contribution in [0.15, 0.2) is 48.6 Å². The van der Waals surface area contributed by atoms with Crippen LogP contribution in [0.2, 0.25) is 0 Å². The largest absolute Gasteiger partial charge is 0.462 e. The maximum atomic E-state index is 12.9. The van der Waals surface area contributed by atoms with Gasteiger partial charge in [-0.15, -0.1) is 0 Å². The fraction of sp³-hybridized carbons (Fsp3) is 0.843. The molecule has 0 aliphatic heterocycles. The van der Waals surface area contributed by atoms with Crippen molar-refractivity contribution in [1.82, 2.24) is 0 Å². The standard InChI is InChI=1S/C70H128O6/c1-4-7-10-13-16-19-21-23-25-27-28-29-30-31-32-33-34-35-36-37-38-39-40-41-42-44-45-47-49-51-54-57-60-63-69(72)75-66-67(65-74-68(71)62-59-56-53-18-15-12-9-6-3)76-70(73)64-61-58-55-52-50-48-46-43-26-24-22-20-17-14-11-8-5-2/h17,20-21,23-24,26-28,67H,4-16,18-19,22,25,29-66H2,1-3H3/b20-17-,23-21-,26-24-,28-27-. The fourth-order valence-electron chi connectivity index (χ4n) is 9.98. The molecule has 1 unspecified atom stereocenters. The number of carbonyl (C=O) groups is 3. The molecule has 0 saturated heterocycles. The first-order chi connectivity index (χ1) is 37.5. The topological polar surface area (TPSA) is 78.9 Å². The van der Waals surface area contributed by atoms with Gasteiger partial charge in [0.05, 0.1) is 0 Å². The Morgan fingerprint density at radius 1 is 0.263 bits per heavy atom. The molecule has 0 saturated carbocycles. The summed E-state index contributed by atoms with van der Waals surface area (Å²) in [4.78, 5) is 38.1. The molecule has 0 rings (SSSR count). The van der Waals surface area contributed by atoms with Gasteiger partial charge in [-0.3, -0.25) is 14.4 Å². The van der Waals surface area contributed by atoms with Crippen molar-refractivity contribution >= 4 is 17.9 Å². The minimum Gasteiger partial charge on any atom is -0.462 e. The lowest BCUT2D eigenvalue weighted by atomic mass is 10.0. The third-order valence-electron chi connectivity index (χ3n) is 15.1. The SMILES string of the molecule is CCCCC/C=C\C/C=C\CCCCCCCCCC(=O)OC(COC(=O)CCCCCCCCCC)COC(=O)CCCCCCCCCCCCCCCCCCCCCCC/C=C\C/C=C\CCCCCCC. The molecule has 0 spiro atoms. The molecule has 0 aromatic rings. The predicted molar refractivity (Wildman–Crippen MR) is 330 cm³/mol. The van der Waals surface area contributed by atoms with E-state index in [9.17, 15) is 14.4 Å². The summed E-state index contributed by atoms with van der Waals surface area (Å²) in [6.07, 6.45) is 81.6. The zero-order valence-corrected chi connectivity index (χ0v) is 51.0. The molecule has 0 fully saturated rings. The lowest BCUT2D eigenvalue weighted by Crippen LogP contribution is -2.30. The van der Waals surface area contributed by atoms with Gasteiger partial charge in [-0.1, -0.05) is 307 Å². The van der Waals surface area contributed by atoms with Crippen molar-refractivity contribution in [2.24, 2.45) is 0 Å². The van der Waals surface area contributed by atoms with Crippen molar-refractivity contribution in [3.8, 4) is 0 Å². The molecule has 0 radical (unpaired) electrons. The van der Waals surface area contributed by atoms with Crippen LogP contribution in [0.3, 0.4) is 0 Å². The number of hydrogen-bond donors (Lipinski definition) is 0. The summed E-state index contributed by atoms with van der Waals surface area (Å²) in [5.41, 5.74) is 0. The predicted octanol–water partition coefficient (Wildman–Crippen LogP) is 22.9. The van der Waals surface area contributed by atoms with Crippen molar-refractivity contribution in [2.45, 2.75) is 367 Å². The molecule has 0 N–H and O–H groups in total. The highest BCUT2D eigenvalue weighted by atomic mass is 16.6. The second-order valence-corrected chi connectivity index (χ2v) is 22.7. The van der Waals surface area contributed by atoms with E-state index in [1.807, 2.05) is 0 Å². The third-order valence-corrected chi connectivity index (χ3v) is 15.1. The van der Waals surface area contributed by atoms with Crippen LogP contribution in [0.1, 0.15) is 361 Å². The number of esters is 3. The zero-order valence-electron chi connectivity index (χ0n) is 51.0. The highest BCUT2D eigenvalue weighted by Gasteiger charge is 2.19. The fourth-order valence-corrected chi connectivity index (χ4v) is 9.98. The van der Waals surface area contributed by atoms with E-state index in [0.29, 0.717) is 19.3 Å². The number of carbonyl (C=O) groups excluding carboxylic acids is 3. The van der Waals surface area contributed by atoms with Crippen molar-refractivity contribution < 1.29 is 28.6 Å². The number of hydrogen-bond acceptors (Lipinski definition) is 6. The molecule has 444 valence electrons. The average molecular weight is 1070 g/mol. The van der Waals surface area contributed by atoms with Gasteiger partial charge < -0.3 is 14.2 Å². The number of rotatable bonds is 62. The highest BCUT2D eigenvalue weighted by Crippen LogP contribution is 2.18. The molecule has 0 amide bonds. The van der Waals surface area contributed by atoms with Gasteiger partial charge in [0.1, 0.15) is 13.2 Å². The summed E-state index contributed by atoms with van der Waals surface area (Å²) in [5, 5.41) is 0. The Labute approximate surface area is 473 Å². The van der Waals surface area contributed by atoms with Gasteiger partial charge in [-0.2, -0.15) is 0 Å². The molecule has 0 bridgehead atoms. The Morgan fingerprint density at radius 3 is 0.750 bits per heavy atom. The second-order valence-electron chi connectivity index (χ2n) is 22.7. The summed E-state index contributed by atoms with van der Waals surface area (Å²) >= 11 is 0. The minimum absolute atomic E-state index is 0.0716. The van der Waals surface area contributed by atoms with Gasteiger partial charge in [0.15, 0.2) is 6.10 Å². The van der Waals surface area contributed by atoms with E-state index in [2.05, 4.69) is 69.4 Å². The van der Waals surface area contributed by atoms with E-state index in [1.165, 1.54) is 244 Å². The van der Waals surface area contributed by atoms with E-state index in [1.54, 1.807) is 0 Å². The van der Waals surface area contributed by atoms with E-state index in [-0.39, 0.29) is 31.1 Å². The molecular weight excluding hydrogens is 937 g/mol. The van der Waals surface area contributed by atoms with Crippen LogP contribution < -0.4 is 0 Å². The van der Waals surface area contributed by atoms with Gasteiger partial charge >= 0.3 is 17.9 Å².